The Morgan fingerprint density at radius 2 is 2.00 bits per heavy atom. The standard InChI is InChI=1S/C13H19N3O4S/c1-10-8-14-16(9-10)13(12(17)18)4-6-15(7-5-13)21(19,20)11-2-3-11/h8-9,11H,2-7H2,1H3,(H,17,18). The van der Waals surface area contributed by atoms with Crippen molar-refractivity contribution in [1.82, 2.24) is 14.1 Å². The van der Waals surface area contributed by atoms with E-state index in [-0.39, 0.29) is 31.2 Å². The molecule has 8 heteroatoms. The van der Waals surface area contributed by atoms with Crippen molar-refractivity contribution >= 4 is 16.0 Å². The van der Waals surface area contributed by atoms with Crippen molar-refractivity contribution in [2.24, 2.45) is 0 Å². The summed E-state index contributed by atoms with van der Waals surface area (Å²) in [4.78, 5) is 11.8. The lowest BCUT2D eigenvalue weighted by atomic mass is 9.88. The molecule has 0 atom stereocenters. The number of hydrogen-bond acceptors (Lipinski definition) is 4. The molecule has 3 rings (SSSR count). The molecule has 0 bridgehead atoms. The molecular formula is C13H19N3O4S. The number of aromatic nitrogens is 2. The van der Waals surface area contributed by atoms with Gasteiger partial charge in [0.15, 0.2) is 5.54 Å². The van der Waals surface area contributed by atoms with Crippen LogP contribution in [-0.4, -0.2) is 51.9 Å². The summed E-state index contributed by atoms with van der Waals surface area (Å²) in [6.45, 7) is 2.33. The first-order chi connectivity index (χ1) is 9.86. The van der Waals surface area contributed by atoms with Gasteiger partial charge < -0.3 is 5.11 Å². The molecule has 1 N–H and O–H groups in total. The Bertz CT molecular complexity index is 655. The Morgan fingerprint density at radius 3 is 2.43 bits per heavy atom. The van der Waals surface area contributed by atoms with Gasteiger partial charge in [-0.2, -0.15) is 5.10 Å². The SMILES string of the molecule is Cc1cnn(C2(C(=O)O)CCN(S(=O)(=O)C3CC3)CC2)c1. The third kappa shape index (κ3) is 2.36. The third-order valence-electron chi connectivity index (χ3n) is 4.40. The predicted octanol–water partition coefficient (Wildman–Crippen LogP) is 0.559. The zero-order valence-electron chi connectivity index (χ0n) is 11.9. The third-order valence-corrected chi connectivity index (χ3v) is 6.80. The van der Waals surface area contributed by atoms with Gasteiger partial charge in [0, 0.05) is 19.3 Å². The van der Waals surface area contributed by atoms with Crippen LogP contribution >= 0.6 is 0 Å². The monoisotopic (exact) mass is 313 g/mol. The molecule has 1 aliphatic carbocycles. The van der Waals surface area contributed by atoms with Crippen molar-refractivity contribution in [3.63, 3.8) is 0 Å². The molecule has 2 heterocycles. The van der Waals surface area contributed by atoms with E-state index in [0.29, 0.717) is 0 Å². The van der Waals surface area contributed by atoms with Crippen molar-refractivity contribution in [2.75, 3.05) is 13.1 Å². The Balaban J connectivity index is 1.82. The van der Waals surface area contributed by atoms with Crippen LogP contribution in [0, 0.1) is 6.92 Å². The summed E-state index contributed by atoms with van der Waals surface area (Å²) in [5.74, 6) is -0.950. The zero-order chi connectivity index (χ0) is 15.3. The van der Waals surface area contributed by atoms with E-state index < -0.39 is 21.5 Å². The molecule has 1 aliphatic heterocycles. The second kappa shape index (κ2) is 4.81. The lowest BCUT2D eigenvalue weighted by Gasteiger charge is -2.38. The highest BCUT2D eigenvalue weighted by molar-refractivity contribution is 7.90. The highest BCUT2D eigenvalue weighted by Gasteiger charge is 2.48. The predicted molar refractivity (Wildman–Crippen MR) is 75.3 cm³/mol. The first-order valence-corrected chi connectivity index (χ1v) is 8.61. The second-order valence-electron chi connectivity index (χ2n) is 5.94. The maximum Gasteiger partial charge on any atom is 0.331 e. The second-order valence-corrected chi connectivity index (χ2v) is 8.16. The summed E-state index contributed by atoms with van der Waals surface area (Å²) >= 11 is 0. The average molecular weight is 313 g/mol. The van der Waals surface area contributed by atoms with Gasteiger partial charge in [-0.25, -0.2) is 17.5 Å². The first-order valence-electron chi connectivity index (χ1n) is 7.10. The number of aliphatic carboxylic acids is 1. The molecule has 116 valence electrons. The molecule has 7 nitrogen and oxygen atoms in total. The molecule has 21 heavy (non-hydrogen) atoms. The fourth-order valence-electron chi connectivity index (χ4n) is 2.88. The molecule has 0 radical (unpaired) electrons. The molecule has 0 amide bonds. The molecule has 0 spiro atoms. The number of carboxylic acids is 1. The number of sulfonamides is 1. The van der Waals surface area contributed by atoms with Crippen molar-refractivity contribution in [2.45, 2.75) is 43.4 Å². The molecule has 1 aromatic rings. The van der Waals surface area contributed by atoms with Gasteiger partial charge in [-0.05, 0) is 38.2 Å². The Hall–Kier alpha value is -1.41. The van der Waals surface area contributed by atoms with Crippen molar-refractivity contribution in [3.05, 3.63) is 18.0 Å². The molecule has 0 unspecified atom stereocenters. The van der Waals surface area contributed by atoms with Crippen LogP contribution in [0.25, 0.3) is 0 Å². The van der Waals surface area contributed by atoms with E-state index >= 15 is 0 Å². The van der Waals surface area contributed by atoms with Crippen LogP contribution in [0.2, 0.25) is 0 Å². The normalized spacial score (nSPS) is 23.1. The zero-order valence-corrected chi connectivity index (χ0v) is 12.7. The summed E-state index contributed by atoms with van der Waals surface area (Å²) < 4.78 is 27.4. The maximum absolute atomic E-state index is 12.2. The highest BCUT2D eigenvalue weighted by atomic mass is 32.2. The van der Waals surface area contributed by atoms with Gasteiger partial charge in [-0.3, -0.25) is 4.68 Å². The van der Waals surface area contributed by atoms with Crippen LogP contribution in [0.15, 0.2) is 12.4 Å². The molecule has 1 aromatic heterocycles. The van der Waals surface area contributed by atoms with Crippen LogP contribution in [0.3, 0.4) is 0 Å². The van der Waals surface area contributed by atoms with E-state index in [1.54, 1.807) is 12.4 Å². The van der Waals surface area contributed by atoms with E-state index in [4.69, 9.17) is 0 Å². The lowest BCUT2D eigenvalue weighted by molar-refractivity contribution is -0.150. The molecule has 2 fully saturated rings. The minimum Gasteiger partial charge on any atom is -0.479 e. The number of nitrogens with zero attached hydrogens (tertiary/aromatic N) is 3. The van der Waals surface area contributed by atoms with E-state index in [2.05, 4.69) is 5.10 Å². The Labute approximate surface area is 123 Å². The van der Waals surface area contributed by atoms with Gasteiger partial charge in [0.25, 0.3) is 0 Å². The first kappa shape index (κ1) is 14.5. The summed E-state index contributed by atoms with van der Waals surface area (Å²) in [5.41, 5.74) is -0.243. The fraction of sp³-hybridized carbons (Fsp3) is 0.692. The Kier molecular flexibility index (Phi) is 3.32. The van der Waals surface area contributed by atoms with E-state index in [1.807, 2.05) is 6.92 Å². The molecule has 0 aromatic carbocycles. The van der Waals surface area contributed by atoms with Gasteiger partial charge in [0.2, 0.25) is 10.0 Å². The van der Waals surface area contributed by atoms with Crippen molar-refractivity contribution < 1.29 is 18.3 Å². The largest absolute Gasteiger partial charge is 0.479 e. The quantitative estimate of drug-likeness (QED) is 0.877. The van der Waals surface area contributed by atoms with E-state index in [1.165, 1.54) is 8.99 Å². The smallest absolute Gasteiger partial charge is 0.331 e. The topological polar surface area (TPSA) is 92.5 Å². The molecule has 1 saturated heterocycles. The minimum atomic E-state index is -3.23. The minimum absolute atomic E-state index is 0.240. The van der Waals surface area contributed by atoms with Gasteiger partial charge >= 0.3 is 5.97 Å². The van der Waals surface area contributed by atoms with Crippen LogP contribution in [0.1, 0.15) is 31.2 Å². The maximum atomic E-state index is 12.2. The van der Waals surface area contributed by atoms with Crippen LogP contribution < -0.4 is 0 Å². The van der Waals surface area contributed by atoms with Crippen molar-refractivity contribution in [3.8, 4) is 0 Å². The average Bonchev–Trinajstić information content (AvgIpc) is 3.22. The Morgan fingerprint density at radius 1 is 1.38 bits per heavy atom. The number of hydrogen-bond donors (Lipinski definition) is 1. The van der Waals surface area contributed by atoms with Crippen molar-refractivity contribution in [1.29, 1.82) is 0 Å². The summed E-state index contributed by atoms with van der Waals surface area (Å²) in [6.07, 6.45) is 5.27. The summed E-state index contributed by atoms with van der Waals surface area (Å²) in [7, 11) is -3.23. The van der Waals surface area contributed by atoms with E-state index in [9.17, 15) is 18.3 Å². The number of carbonyl (C=O) groups is 1. The van der Waals surface area contributed by atoms with Gasteiger partial charge in [0.05, 0.1) is 11.4 Å². The number of rotatable bonds is 4. The highest BCUT2D eigenvalue weighted by Crippen LogP contribution is 2.36. The van der Waals surface area contributed by atoms with Gasteiger partial charge in [0.1, 0.15) is 0 Å². The summed E-state index contributed by atoms with van der Waals surface area (Å²) in [5, 5.41) is 13.5. The number of carboxylic acid groups (broad SMARTS) is 1. The lowest BCUT2D eigenvalue weighted by Crippen LogP contribution is -2.53. The van der Waals surface area contributed by atoms with Crippen LogP contribution in [0.5, 0.6) is 0 Å². The van der Waals surface area contributed by atoms with Crippen LogP contribution in [-0.2, 0) is 20.4 Å². The molecule has 1 saturated carbocycles. The van der Waals surface area contributed by atoms with Gasteiger partial charge in [-0.1, -0.05) is 0 Å². The molecule has 2 aliphatic rings. The molecular weight excluding hydrogens is 294 g/mol. The number of aryl methyl sites for hydroxylation is 1. The number of piperidine rings is 1. The van der Waals surface area contributed by atoms with Crippen LogP contribution in [0.4, 0.5) is 0 Å². The fourth-order valence-corrected chi connectivity index (χ4v) is 4.72. The van der Waals surface area contributed by atoms with Gasteiger partial charge in [-0.15, -0.1) is 0 Å². The summed E-state index contributed by atoms with van der Waals surface area (Å²) in [6, 6.07) is 0. The van der Waals surface area contributed by atoms with E-state index in [0.717, 1.165) is 18.4 Å².